The van der Waals surface area contributed by atoms with Gasteiger partial charge in [0.25, 0.3) is 0 Å². The lowest BCUT2D eigenvalue weighted by molar-refractivity contribution is 0.607. The highest BCUT2D eigenvalue weighted by molar-refractivity contribution is 5.53. The van der Waals surface area contributed by atoms with Crippen molar-refractivity contribution in [2.24, 2.45) is 0 Å². The van der Waals surface area contributed by atoms with Gasteiger partial charge in [0.2, 0.25) is 0 Å². The fourth-order valence-corrected chi connectivity index (χ4v) is 1.78. The first-order valence-corrected chi connectivity index (χ1v) is 5.68. The molecule has 0 fully saturated rings. The van der Waals surface area contributed by atoms with Gasteiger partial charge in [0.05, 0.1) is 6.07 Å². The molecule has 2 aromatic rings. The minimum Gasteiger partial charge on any atom is -0.366 e. The van der Waals surface area contributed by atoms with Crippen molar-refractivity contribution in [3.05, 3.63) is 65.5 Å². The second-order valence-electron chi connectivity index (χ2n) is 4.04. The van der Waals surface area contributed by atoms with Crippen LogP contribution in [0.3, 0.4) is 0 Å². The summed E-state index contributed by atoms with van der Waals surface area (Å²) >= 11 is 0. The minimum absolute atomic E-state index is 0.364. The summed E-state index contributed by atoms with van der Waals surface area (Å²) in [4.78, 5) is 0. The van der Waals surface area contributed by atoms with Crippen molar-refractivity contribution in [3.63, 3.8) is 0 Å². The summed E-state index contributed by atoms with van der Waals surface area (Å²) in [6, 6.07) is 15.3. The molecule has 0 heterocycles. The van der Waals surface area contributed by atoms with Crippen molar-refractivity contribution in [2.75, 3.05) is 5.32 Å². The lowest BCUT2D eigenvalue weighted by Gasteiger charge is -2.15. The molecule has 1 N–H and O–H groups in total. The number of rotatable bonds is 3. The van der Waals surface area contributed by atoms with E-state index < -0.39 is 6.04 Å². The van der Waals surface area contributed by atoms with E-state index in [2.05, 4.69) is 11.4 Å². The molecular formula is C15H13FN2. The van der Waals surface area contributed by atoms with E-state index in [1.807, 2.05) is 31.2 Å². The maximum atomic E-state index is 13.6. The van der Waals surface area contributed by atoms with Gasteiger partial charge in [0.1, 0.15) is 11.9 Å². The second-order valence-corrected chi connectivity index (χ2v) is 4.04. The van der Waals surface area contributed by atoms with Crippen LogP contribution in [0.25, 0.3) is 0 Å². The van der Waals surface area contributed by atoms with E-state index >= 15 is 0 Å². The molecule has 0 amide bonds. The molecule has 1 unspecified atom stereocenters. The average Bonchev–Trinajstić information content (AvgIpc) is 2.39. The molecular weight excluding hydrogens is 227 g/mol. The minimum atomic E-state index is -0.688. The maximum absolute atomic E-state index is 13.6. The fourth-order valence-electron chi connectivity index (χ4n) is 1.78. The number of nitrogens with one attached hydrogen (secondary N) is 1. The van der Waals surface area contributed by atoms with Crippen LogP contribution in [-0.4, -0.2) is 0 Å². The summed E-state index contributed by atoms with van der Waals surface area (Å²) in [5, 5.41) is 12.2. The zero-order chi connectivity index (χ0) is 13.0. The zero-order valence-electron chi connectivity index (χ0n) is 10.0. The first kappa shape index (κ1) is 12.1. The Bertz CT molecular complexity index is 587. The van der Waals surface area contributed by atoms with Crippen LogP contribution in [0.1, 0.15) is 17.2 Å². The van der Waals surface area contributed by atoms with Gasteiger partial charge < -0.3 is 5.32 Å². The third kappa shape index (κ3) is 2.49. The Hall–Kier alpha value is -2.34. The summed E-state index contributed by atoms with van der Waals surface area (Å²) in [7, 11) is 0. The molecule has 0 aliphatic carbocycles. The predicted molar refractivity (Wildman–Crippen MR) is 69.6 cm³/mol. The summed E-state index contributed by atoms with van der Waals surface area (Å²) in [6.45, 7) is 1.94. The highest BCUT2D eigenvalue weighted by atomic mass is 19.1. The third-order valence-corrected chi connectivity index (χ3v) is 2.79. The Morgan fingerprint density at radius 1 is 1.11 bits per heavy atom. The molecule has 3 heteroatoms. The summed E-state index contributed by atoms with van der Waals surface area (Å²) in [5.74, 6) is -0.370. The van der Waals surface area contributed by atoms with Crippen LogP contribution < -0.4 is 5.32 Å². The lowest BCUT2D eigenvalue weighted by atomic mass is 10.1. The molecule has 0 saturated heterocycles. The molecule has 0 aromatic heterocycles. The Labute approximate surface area is 106 Å². The van der Waals surface area contributed by atoms with Crippen LogP contribution in [0.15, 0.2) is 48.5 Å². The molecule has 0 aliphatic heterocycles. The number of hydrogen-bond donors (Lipinski definition) is 1. The molecule has 1 atom stereocenters. The molecule has 2 nitrogen and oxygen atoms in total. The molecule has 90 valence electrons. The van der Waals surface area contributed by atoms with Crippen LogP contribution in [-0.2, 0) is 0 Å². The van der Waals surface area contributed by atoms with Gasteiger partial charge >= 0.3 is 0 Å². The zero-order valence-corrected chi connectivity index (χ0v) is 10.0. The van der Waals surface area contributed by atoms with Crippen LogP contribution in [0.5, 0.6) is 0 Å². The quantitative estimate of drug-likeness (QED) is 0.885. The fraction of sp³-hybridized carbons (Fsp3) is 0.133. The molecule has 0 radical (unpaired) electrons. The lowest BCUT2D eigenvalue weighted by Crippen LogP contribution is -2.11. The summed E-state index contributed by atoms with van der Waals surface area (Å²) in [6.07, 6.45) is 0. The van der Waals surface area contributed by atoms with Crippen molar-refractivity contribution in [1.82, 2.24) is 0 Å². The monoisotopic (exact) mass is 240 g/mol. The number of nitriles is 1. The number of hydrogen-bond acceptors (Lipinski definition) is 2. The first-order valence-electron chi connectivity index (χ1n) is 5.68. The largest absolute Gasteiger partial charge is 0.366 e. The maximum Gasteiger partial charge on any atom is 0.143 e. The van der Waals surface area contributed by atoms with Gasteiger partial charge in [-0.15, -0.1) is 0 Å². The molecule has 2 rings (SSSR count). The number of nitrogens with zero attached hydrogens (tertiary/aromatic N) is 1. The second kappa shape index (κ2) is 5.33. The normalized spacial score (nSPS) is 11.6. The van der Waals surface area contributed by atoms with E-state index in [0.717, 1.165) is 11.3 Å². The molecule has 18 heavy (non-hydrogen) atoms. The van der Waals surface area contributed by atoms with Gasteiger partial charge in [-0.25, -0.2) is 4.39 Å². The molecule has 0 saturated carbocycles. The Kier molecular flexibility index (Phi) is 3.59. The van der Waals surface area contributed by atoms with E-state index in [1.54, 1.807) is 18.2 Å². The number of anilines is 1. The first-order chi connectivity index (χ1) is 8.72. The molecule has 0 aliphatic rings. The van der Waals surface area contributed by atoms with Gasteiger partial charge in [0.15, 0.2) is 0 Å². The van der Waals surface area contributed by atoms with E-state index in [0.29, 0.717) is 5.56 Å². The highest BCUT2D eigenvalue weighted by Gasteiger charge is 2.14. The smallest absolute Gasteiger partial charge is 0.143 e. The number of aryl methyl sites for hydroxylation is 1. The van der Waals surface area contributed by atoms with E-state index in [4.69, 9.17) is 0 Å². The van der Waals surface area contributed by atoms with Crippen molar-refractivity contribution in [1.29, 1.82) is 5.26 Å². The summed E-state index contributed by atoms with van der Waals surface area (Å²) in [5.41, 5.74) is 2.23. The number of halogens is 1. The van der Waals surface area contributed by atoms with E-state index in [1.165, 1.54) is 6.07 Å². The Balaban J connectivity index is 2.30. The standard InChI is InChI=1S/C15H13FN2/c1-11-6-2-5-9-14(11)18-15(10-17)12-7-3-4-8-13(12)16/h2-9,15,18H,1H3. The Morgan fingerprint density at radius 3 is 2.44 bits per heavy atom. The van der Waals surface area contributed by atoms with Crippen molar-refractivity contribution in [2.45, 2.75) is 13.0 Å². The van der Waals surface area contributed by atoms with Crippen LogP contribution >= 0.6 is 0 Å². The van der Waals surface area contributed by atoms with Crippen LogP contribution in [0, 0.1) is 24.1 Å². The van der Waals surface area contributed by atoms with Crippen LogP contribution in [0.2, 0.25) is 0 Å². The van der Waals surface area contributed by atoms with Gasteiger partial charge in [-0.2, -0.15) is 5.26 Å². The van der Waals surface area contributed by atoms with Gasteiger partial charge in [-0.3, -0.25) is 0 Å². The molecule has 2 aromatic carbocycles. The van der Waals surface area contributed by atoms with Crippen molar-refractivity contribution >= 4 is 5.69 Å². The number of benzene rings is 2. The molecule has 0 bridgehead atoms. The average molecular weight is 240 g/mol. The number of para-hydroxylation sites is 1. The van der Waals surface area contributed by atoms with Gasteiger partial charge in [0, 0.05) is 11.3 Å². The van der Waals surface area contributed by atoms with E-state index in [-0.39, 0.29) is 5.82 Å². The van der Waals surface area contributed by atoms with Crippen molar-refractivity contribution in [3.8, 4) is 6.07 Å². The van der Waals surface area contributed by atoms with Crippen LogP contribution in [0.4, 0.5) is 10.1 Å². The third-order valence-electron chi connectivity index (χ3n) is 2.79. The van der Waals surface area contributed by atoms with E-state index in [9.17, 15) is 9.65 Å². The SMILES string of the molecule is Cc1ccccc1NC(C#N)c1ccccc1F. The Morgan fingerprint density at radius 2 is 1.78 bits per heavy atom. The van der Waals surface area contributed by atoms with Gasteiger partial charge in [-0.1, -0.05) is 36.4 Å². The highest BCUT2D eigenvalue weighted by Crippen LogP contribution is 2.23. The summed E-state index contributed by atoms with van der Waals surface area (Å²) < 4.78 is 13.6. The van der Waals surface area contributed by atoms with Crippen molar-refractivity contribution < 1.29 is 4.39 Å². The topological polar surface area (TPSA) is 35.8 Å². The molecule has 0 spiro atoms. The van der Waals surface area contributed by atoms with Gasteiger partial charge in [-0.05, 0) is 24.6 Å². The predicted octanol–water partition coefficient (Wildman–Crippen LogP) is 3.81.